The van der Waals surface area contributed by atoms with E-state index in [1.165, 1.54) is 21.8 Å². The van der Waals surface area contributed by atoms with Crippen LogP contribution in [0, 0.1) is 17.6 Å². The van der Waals surface area contributed by atoms with Crippen molar-refractivity contribution >= 4 is 23.2 Å². The number of hydrazine groups is 1. The summed E-state index contributed by atoms with van der Waals surface area (Å²) >= 11 is 1.41. The maximum absolute atomic E-state index is 13.1. The number of thiophene rings is 1. The van der Waals surface area contributed by atoms with Crippen molar-refractivity contribution < 1.29 is 18.4 Å². The number of amides is 2. The van der Waals surface area contributed by atoms with E-state index >= 15 is 0 Å². The number of hydrogen-bond donors (Lipinski definition) is 2. The van der Waals surface area contributed by atoms with Crippen LogP contribution in [0.5, 0.6) is 0 Å². The molecule has 2 aromatic rings. The summed E-state index contributed by atoms with van der Waals surface area (Å²) in [6.07, 6.45) is 3.02. The Balaban J connectivity index is 1.64. The second-order valence-electron chi connectivity index (χ2n) is 5.97. The quantitative estimate of drug-likeness (QED) is 0.817. The molecule has 0 spiro atoms. The van der Waals surface area contributed by atoms with Gasteiger partial charge < -0.3 is 0 Å². The molecule has 0 saturated carbocycles. The average molecular weight is 350 g/mol. The van der Waals surface area contributed by atoms with E-state index in [1.807, 2.05) is 6.07 Å². The SMILES string of the molecule is C[C@H]1CCc2sc(C(=O)NNC(=O)c3cc(F)cc(F)c3)cc2C1. The Morgan fingerprint density at radius 2 is 1.75 bits per heavy atom. The monoisotopic (exact) mass is 350 g/mol. The van der Waals surface area contributed by atoms with Crippen molar-refractivity contribution in [1.82, 2.24) is 10.9 Å². The van der Waals surface area contributed by atoms with Crippen LogP contribution < -0.4 is 10.9 Å². The molecular formula is C17H16F2N2O2S. The molecule has 0 bridgehead atoms. The molecule has 2 amide bonds. The van der Waals surface area contributed by atoms with Gasteiger partial charge in [-0.3, -0.25) is 20.4 Å². The van der Waals surface area contributed by atoms with Crippen molar-refractivity contribution in [3.8, 4) is 0 Å². The molecule has 3 rings (SSSR count). The van der Waals surface area contributed by atoms with Crippen molar-refractivity contribution in [3.05, 3.63) is 56.8 Å². The van der Waals surface area contributed by atoms with E-state index in [4.69, 9.17) is 0 Å². The Labute approximate surface area is 141 Å². The van der Waals surface area contributed by atoms with Crippen molar-refractivity contribution in [3.63, 3.8) is 0 Å². The van der Waals surface area contributed by atoms with Gasteiger partial charge in [-0.1, -0.05) is 6.92 Å². The molecule has 1 aliphatic carbocycles. The Morgan fingerprint density at radius 3 is 2.46 bits per heavy atom. The first kappa shape index (κ1) is 16.6. The number of rotatable bonds is 2. The van der Waals surface area contributed by atoms with Gasteiger partial charge in [0.15, 0.2) is 0 Å². The molecule has 1 aliphatic rings. The minimum Gasteiger partial charge on any atom is -0.267 e. The molecule has 0 saturated heterocycles. The van der Waals surface area contributed by atoms with Gasteiger partial charge in [-0.05, 0) is 48.9 Å². The summed E-state index contributed by atoms with van der Waals surface area (Å²) in [5.74, 6) is -2.33. The number of benzene rings is 1. The molecule has 2 N–H and O–H groups in total. The van der Waals surface area contributed by atoms with E-state index < -0.39 is 23.4 Å². The first-order chi connectivity index (χ1) is 11.4. The first-order valence-electron chi connectivity index (χ1n) is 7.60. The first-order valence-corrected chi connectivity index (χ1v) is 8.42. The molecule has 1 atom stereocenters. The minimum absolute atomic E-state index is 0.202. The Morgan fingerprint density at radius 1 is 1.08 bits per heavy atom. The van der Waals surface area contributed by atoms with Crippen LogP contribution in [0.4, 0.5) is 8.78 Å². The largest absolute Gasteiger partial charge is 0.279 e. The average Bonchev–Trinajstić information content (AvgIpc) is 2.94. The minimum atomic E-state index is -0.855. The topological polar surface area (TPSA) is 58.2 Å². The van der Waals surface area contributed by atoms with Gasteiger partial charge in [0.2, 0.25) is 0 Å². The van der Waals surface area contributed by atoms with Gasteiger partial charge in [-0.15, -0.1) is 11.3 Å². The molecule has 1 aromatic carbocycles. The van der Waals surface area contributed by atoms with Crippen LogP contribution in [0.25, 0.3) is 0 Å². The predicted molar refractivity (Wildman–Crippen MR) is 86.8 cm³/mol. The smallest absolute Gasteiger partial charge is 0.267 e. The summed E-state index contributed by atoms with van der Waals surface area (Å²) in [6.45, 7) is 2.18. The highest BCUT2D eigenvalue weighted by Crippen LogP contribution is 2.32. The van der Waals surface area contributed by atoms with Gasteiger partial charge in [0.25, 0.3) is 11.8 Å². The zero-order valence-electron chi connectivity index (χ0n) is 13.0. The number of carbonyl (C=O) groups excluding carboxylic acids is 2. The Hall–Kier alpha value is -2.28. The maximum atomic E-state index is 13.1. The summed E-state index contributed by atoms with van der Waals surface area (Å²) < 4.78 is 26.2. The van der Waals surface area contributed by atoms with Crippen LogP contribution in [0.15, 0.2) is 24.3 Å². The third-order valence-corrected chi connectivity index (χ3v) is 5.20. The van der Waals surface area contributed by atoms with Crippen LogP contribution in [-0.2, 0) is 12.8 Å². The van der Waals surface area contributed by atoms with Gasteiger partial charge >= 0.3 is 0 Å². The third kappa shape index (κ3) is 3.62. The fourth-order valence-corrected chi connectivity index (χ4v) is 3.85. The van der Waals surface area contributed by atoms with Crippen molar-refractivity contribution in [2.75, 3.05) is 0 Å². The van der Waals surface area contributed by atoms with Gasteiger partial charge in [0, 0.05) is 16.5 Å². The molecule has 1 aromatic heterocycles. The van der Waals surface area contributed by atoms with Crippen molar-refractivity contribution in [2.24, 2.45) is 5.92 Å². The lowest BCUT2D eigenvalue weighted by Crippen LogP contribution is -2.41. The maximum Gasteiger partial charge on any atom is 0.279 e. The number of aryl methyl sites for hydroxylation is 1. The van der Waals surface area contributed by atoms with Gasteiger partial charge in [0.05, 0.1) is 4.88 Å². The second-order valence-corrected chi connectivity index (χ2v) is 7.11. The van der Waals surface area contributed by atoms with Gasteiger partial charge in [0.1, 0.15) is 11.6 Å². The zero-order chi connectivity index (χ0) is 17.3. The zero-order valence-corrected chi connectivity index (χ0v) is 13.8. The second kappa shape index (κ2) is 6.68. The number of nitrogens with one attached hydrogen (secondary N) is 2. The lowest BCUT2D eigenvalue weighted by molar-refractivity contribution is 0.0848. The van der Waals surface area contributed by atoms with Gasteiger partial charge in [-0.2, -0.15) is 0 Å². The lowest BCUT2D eigenvalue weighted by atomic mass is 9.90. The normalized spacial score (nSPS) is 16.4. The van der Waals surface area contributed by atoms with Crippen LogP contribution >= 0.6 is 11.3 Å². The predicted octanol–water partition coefficient (Wildman–Crippen LogP) is 3.23. The third-order valence-electron chi connectivity index (χ3n) is 3.97. The highest BCUT2D eigenvalue weighted by molar-refractivity contribution is 7.14. The van der Waals surface area contributed by atoms with Gasteiger partial charge in [-0.25, -0.2) is 8.78 Å². The van der Waals surface area contributed by atoms with E-state index in [-0.39, 0.29) is 5.56 Å². The molecule has 1 heterocycles. The standard InChI is InChI=1S/C17H16F2N2O2S/c1-9-2-3-14-10(4-9)7-15(24-14)17(23)21-20-16(22)11-5-12(18)8-13(19)6-11/h5-9H,2-4H2,1H3,(H,20,22)(H,21,23)/t9-/m0/s1. The molecule has 0 unspecified atom stereocenters. The number of fused-ring (bicyclic) bond motifs is 1. The Kier molecular flexibility index (Phi) is 4.62. The van der Waals surface area contributed by atoms with Crippen LogP contribution in [0.1, 0.15) is 43.8 Å². The van der Waals surface area contributed by atoms with Crippen LogP contribution in [0.2, 0.25) is 0 Å². The van der Waals surface area contributed by atoms with E-state index in [0.717, 1.165) is 31.4 Å². The van der Waals surface area contributed by atoms with Crippen molar-refractivity contribution in [2.45, 2.75) is 26.2 Å². The molecule has 126 valence electrons. The molecule has 0 radical (unpaired) electrons. The summed E-state index contributed by atoms with van der Waals surface area (Å²) in [5.41, 5.74) is 5.44. The summed E-state index contributed by atoms with van der Waals surface area (Å²) in [5, 5.41) is 0. The van der Waals surface area contributed by atoms with E-state index in [2.05, 4.69) is 17.8 Å². The van der Waals surface area contributed by atoms with Crippen molar-refractivity contribution in [1.29, 1.82) is 0 Å². The molecule has 0 aliphatic heterocycles. The number of hydrogen-bond acceptors (Lipinski definition) is 3. The fourth-order valence-electron chi connectivity index (χ4n) is 2.75. The van der Waals surface area contributed by atoms with E-state index in [9.17, 15) is 18.4 Å². The summed E-state index contributed by atoms with van der Waals surface area (Å²) in [6, 6.07) is 4.32. The number of carbonyl (C=O) groups is 2. The lowest BCUT2D eigenvalue weighted by Gasteiger charge is -2.16. The molecular weight excluding hydrogens is 334 g/mol. The summed E-state index contributed by atoms with van der Waals surface area (Å²) in [4.78, 5) is 25.7. The molecule has 0 fully saturated rings. The number of halogens is 2. The van der Waals surface area contributed by atoms with E-state index in [1.54, 1.807) is 0 Å². The highest BCUT2D eigenvalue weighted by Gasteiger charge is 2.21. The molecule has 4 nitrogen and oxygen atoms in total. The summed E-state index contributed by atoms with van der Waals surface area (Å²) in [7, 11) is 0. The highest BCUT2D eigenvalue weighted by atomic mass is 32.1. The fraction of sp³-hybridized carbons (Fsp3) is 0.294. The van der Waals surface area contributed by atoms with E-state index in [0.29, 0.717) is 16.9 Å². The Bertz CT molecular complexity index is 784. The molecule has 24 heavy (non-hydrogen) atoms. The molecule has 7 heteroatoms. The van der Waals surface area contributed by atoms with Crippen LogP contribution in [-0.4, -0.2) is 11.8 Å². The van der Waals surface area contributed by atoms with Crippen LogP contribution in [0.3, 0.4) is 0 Å².